The Bertz CT molecular complexity index is 336. The first kappa shape index (κ1) is 12.5. The summed E-state index contributed by atoms with van der Waals surface area (Å²) >= 11 is 0. The Hall–Kier alpha value is -1.59. The fourth-order valence-corrected chi connectivity index (χ4v) is 1.40. The van der Waals surface area contributed by atoms with Crippen molar-refractivity contribution in [3.05, 3.63) is 42.0 Å². The van der Waals surface area contributed by atoms with Gasteiger partial charge in [-0.15, -0.1) is 0 Å². The van der Waals surface area contributed by atoms with Crippen LogP contribution in [0.3, 0.4) is 0 Å². The number of nitrogens with one attached hydrogen (secondary N) is 1. The van der Waals surface area contributed by atoms with Crippen molar-refractivity contribution in [2.45, 2.75) is 19.3 Å². The third-order valence-corrected chi connectivity index (χ3v) is 2.26. The number of nitriles is 1. The van der Waals surface area contributed by atoms with Crippen molar-refractivity contribution in [2.75, 3.05) is 13.1 Å². The normalized spacial score (nSPS) is 10.4. The Morgan fingerprint density at radius 2 is 2.00 bits per heavy atom. The van der Waals surface area contributed by atoms with Crippen molar-refractivity contribution < 1.29 is 0 Å². The zero-order chi connectivity index (χ0) is 11.5. The number of benzene rings is 1. The molecule has 1 aromatic rings. The Morgan fingerprint density at radius 1 is 1.19 bits per heavy atom. The molecule has 84 valence electrons. The topological polar surface area (TPSA) is 35.8 Å². The summed E-state index contributed by atoms with van der Waals surface area (Å²) < 4.78 is 0. The molecule has 0 bridgehead atoms. The van der Waals surface area contributed by atoms with Crippen molar-refractivity contribution in [1.82, 2.24) is 5.32 Å². The predicted molar refractivity (Wildman–Crippen MR) is 67.8 cm³/mol. The Morgan fingerprint density at radius 3 is 2.75 bits per heavy atom. The van der Waals surface area contributed by atoms with E-state index in [2.05, 4.69) is 35.7 Å². The standard InChI is InChI=1S/C14H18N2/c15-11-5-2-6-12-16-13-7-10-14-8-3-1-4-9-14/h1,3-4,7-10,16H,2,5-6,12-13H2/b10-7+. The van der Waals surface area contributed by atoms with Gasteiger partial charge in [0, 0.05) is 13.0 Å². The second-order valence-corrected chi connectivity index (χ2v) is 3.63. The minimum Gasteiger partial charge on any atom is -0.313 e. The number of hydrogen-bond acceptors (Lipinski definition) is 2. The highest BCUT2D eigenvalue weighted by molar-refractivity contribution is 5.48. The minimum absolute atomic E-state index is 0.668. The van der Waals surface area contributed by atoms with E-state index in [4.69, 9.17) is 5.26 Å². The lowest BCUT2D eigenvalue weighted by atomic mass is 10.2. The molecule has 0 unspecified atom stereocenters. The quantitative estimate of drug-likeness (QED) is 0.708. The van der Waals surface area contributed by atoms with E-state index in [1.54, 1.807) is 0 Å². The van der Waals surface area contributed by atoms with Crippen LogP contribution < -0.4 is 5.32 Å². The molecule has 0 fully saturated rings. The summed E-state index contributed by atoms with van der Waals surface area (Å²) in [5.41, 5.74) is 1.23. The molecular weight excluding hydrogens is 196 g/mol. The van der Waals surface area contributed by atoms with E-state index in [0.717, 1.165) is 25.9 Å². The summed E-state index contributed by atoms with van der Waals surface area (Å²) in [6.07, 6.45) is 6.97. The van der Waals surface area contributed by atoms with Crippen molar-refractivity contribution in [1.29, 1.82) is 5.26 Å². The maximum absolute atomic E-state index is 8.35. The number of nitrogens with zero attached hydrogens (tertiary/aromatic N) is 1. The maximum atomic E-state index is 8.35. The van der Waals surface area contributed by atoms with Gasteiger partial charge in [0.25, 0.3) is 0 Å². The molecule has 0 radical (unpaired) electrons. The largest absolute Gasteiger partial charge is 0.313 e. The lowest BCUT2D eigenvalue weighted by Gasteiger charge is -1.99. The van der Waals surface area contributed by atoms with Crippen molar-refractivity contribution in [3.63, 3.8) is 0 Å². The third kappa shape index (κ3) is 6.00. The van der Waals surface area contributed by atoms with Gasteiger partial charge < -0.3 is 5.32 Å². The highest BCUT2D eigenvalue weighted by atomic mass is 14.8. The van der Waals surface area contributed by atoms with Crippen LogP contribution in [0.1, 0.15) is 24.8 Å². The van der Waals surface area contributed by atoms with E-state index in [-0.39, 0.29) is 0 Å². The molecule has 0 saturated carbocycles. The average molecular weight is 214 g/mol. The van der Waals surface area contributed by atoms with Crippen LogP contribution in [0.2, 0.25) is 0 Å². The minimum atomic E-state index is 0.668. The van der Waals surface area contributed by atoms with Gasteiger partial charge in [0.2, 0.25) is 0 Å². The van der Waals surface area contributed by atoms with Crippen LogP contribution in [-0.4, -0.2) is 13.1 Å². The van der Waals surface area contributed by atoms with Crippen LogP contribution in [0.15, 0.2) is 36.4 Å². The summed E-state index contributed by atoms with van der Waals surface area (Å²) in [5.74, 6) is 0. The van der Waals surface area contributed by atoms with Crippen LogP contribution >= 0.6 is 0 Å². The molecule has 2 nitrogen and oxygen atoms in total. The Labute approximate surface area is 97.6 Å². The van der Waals surface area contributed by atoms with Crippen LogP contribution in [-0.2, 0) is 0 Å². The molecule has 0 aromatic heterocycles. The first-order chi connectivity index (χ1) is 7.93. The summed E-state index contributed by atoms with van der Waals surface area (Å²) in [7, 11) is 0. The molecule has 0 aliphatic heterocycles. The second kappa shape index (κ2) is 8.70. The van der Waals surface area contributed by atoms with Crippen LogP contribution in [0.5, 0.6) is 0 Å². The molecule has 0 saturated heterocycles. The second-order valence-electron chi connectivity index (χ2n) is 3.63. The zero-order valence-corrected chi connectivity index (χ0v) is 9.52. The van der Waals surface area contributed by atoms with Crippen LogP contribution in [0.4, 0.5) is 0 Å². The molecular formula is C14H18N2. The Balaban J connectivity index is 2.03. The zero-order valence-electron chi connectivity index (χ0n) is 9.52. The molecule has 0 heterocycles. The number of unbranched alkanes of at least 4 members (excludes halogenated alkanes) is 2. The van der Waals surface area contributed by atoms with Gasteiger partial charge in [0.1, 0.15) is 0 Å². The fraction of sp³-hybridized carbons (Fsp3) is 0.357. The van der Waals surface area contributed by atoms with Crippen LogP contribution in [0, 0.1) is 11.3 Å². The summed E-state index contributed by atoms with van der Waals surface area (Å²) in [6.45, 7) is 1.88. The SMILES string of the molecule is N#CCCCCNC/C=C/c1ccccc1. The van der Waals surface area contributed by atoms with Gasteiger partial charge in [-0.2, -0.15) is 5.26 Å². The molecule has 16 heavy (non-hydrogen) atoms. The molecule has 0 atom stereocenters. The van der Waals surface area contributed by atoms with Gasteiger partial charge in [-0.25, -0.2) is 0 Å². The molecule has 1 rings (SSSR count). The van der Waals surface area contributed by atoms with Gasteiger partial charge in [-0.05, 0) is 24.9 Å². The monoisotopic (exact) mass is 214 g/mol. The van der Waals surface area contributed by atoms with Gasteiger partial charge >= 0.3 is 0 Å². The van der Waals surface area contributed by atoms with Gasteiger partial charge in [0.15, 0.2) is 0 Å². The van der Waals surface area contributed by atoms with Crippen molar-refractivity contribution >= 4 is 6.08 Å². The highest BCUT2D eigenvalue weighted by Gasteiger charge is 1.86. The smallest absolute Gasteiger partial charge is 0.0621 e. The van der Waals surface area contributed by atoms with E-state index in [1.165, 1.54) is 5.56 Å². The predicted octanol–water partition coefficient (Wildman–Crippen LogP) is 2.98. The van der Waals surface area contributed by atoms with Gasteiger partial charge in [-0.1, -0.05) is 42.5 Å². The molecule has 2 heteroatoms. The van der Waals surface area contributed by atoms with E-state index in [1.807, 2.05) is 18.2 Å². The van der Waals surface area contributed by atoms with Crippen LogP contribution in [0.25, 0.3) is 6.08 Å². The molecule has 1 aromatic carbocycles. The summed E-state index contributed by atoms with van der Waals surface area (Å²) in [6, 6.07) is 12.4. The Kier molecular flexibility index (Phi) is 6.78. The number of hydrogen-bond donors (Lipinski definition) is 1. The average Bonchev–Trinajstić information content (AvgIpc) is 2.34. The maximum Gasteiger partial charge on any atom is 0.0621 e. The number of rotatable bonds is 7. The van der Waals surface area contributed by atoms with Gasteiger partial charge in [-0.3, -0.25) is 0 Å². The van der Waals surface area contributed by atoms with E-state index < -0.39 is 0 Å². The van der Waals surface area contributed by atoms with E-state index in [9.17, 15) is 0 Å². The molecule has 0 amide bonds. The third-order valence-electron chi connectivity index (χ3n) is 2.26. The van der Waals surface area contributed by atoms with Crippen molar-refractivity contribution in [2.24, 2.45) is 0 Å². The molecule has 0 aliphatic rings. The van der Waals surface area contributed by atoms with E-state index >= 15 is 0 Å². The summed E-state index contributed by atoms with van der Waals surface area (Å²) in [4.78, 5) is 0. The molecule has 1 N–H and O–H groups in total. The molecule has 0 aliphatic carbocycles. The van der Waals surface area contributed by atoms with E-state index in [0.29, 0.717) is 6.42 Å². The lowest BCUT2D eigenvalue weighted by Crippen LogP contribution is -2.14. The summed E-state index contributed by atoms with van der Waals surface area (Å²) in [5, 5.41) is 11.7. The first-order valence-electron chi connectivity index (χ1n) is 5.73. The van der Waals surface area contributed by atoms with Crippen molar-refractivity contribution in [3.8, 4) is 6.07 Å². The first-order valence-corrected chi connectivity index (χ1v) is 5.73. The highest BCUT2D eigenvalue weighted by Crippen LogP contribution is 1.99. The lowest BCUT2D eigenvalue weighted by molar-refractivity contribution is 0.664. The fourth-order valence-electron chi connectivity index (χ4n) is 1.40. The van der Waals surface area contributed by atoms with Gasteiger partial charge in [0.05, 0.1) is 6.07 Å². The molecule has 0 spiro atoms.